The van der Waals surface area contributed by atoms with E-state index in [-0.39, 0.29) is 5.56 Å². The molecular formula is C13H18BrN3O. The van der Waals surface area contributed by atoms with E-state index < -0.39 is 0 Å². The molecule has 5 heteroatoms. The Morgan fingerprint density at radius 1 is 1.50 bits per heavy atom. The van der Waals surface area contributed by atoms with Gasteiger partial charge in [0.1, 0.15) is 4.47 Å². The van der Waals surface area contributed by atoms with Gasteiger partial charge in [-0.3, -0.25) is 4.79 Å². The first kappa shape index (κ1) is 12.2. The van der Waals surface area contributed by atoms with Gasteiger partial charge in [-0.05, 0) is 60.4 Å². The molecule has 18 heavy (non-hydrogen) atoms. The number of anilines is 1. The second-order valence-electron chi connectivity index (χ2n) is 5.57. The van der Waals surface area contributed by atoms with E-state index >= 15 is 0 Å². The smallest absolute Gasteiger partial charge is 0.283 e. The van der Waals surface area contributed by atoms with Crippen molar-refractivity contribution in [2.24, 2.45) is 11.8 Å². The number of aromatic nitrogens is 2. The van der Waals surface area contributed by atoms with Crippen molar-refractivity contribution in [3.8, 4) is 0 Å². The summed E-state index contributed by atoms with van der Waals surface area (Å²) in [5, 5.41) is 7.65. The van der Waals surface area contributed by atoms with Crippen molar-refractivity contribution >= 4 is 21.6 Å². The summed E-state index contributed by atoms with van der Waals surface area (Å²) in [5.74, 6) is 1.41. The summed E-state index contributed by atoms with van der Waals surface area (Å²) in [5.41, 5.74) is 0.807. The number of halogens is 1. The Morgan fingerprint density at radius 3 is 2.83 bits per heavy atom. The molecule has 2 aliphatic rings. The molecule has 0 spiro atoms. The van der Waals surface area contributed by atoms with Gasteiger partial charge < -0.3 is 5.32 Å². The van der Waals surface area contributed by atoms with Crippen molar-refractivity contribution in [2.45, 2.75) is 45.2 Å². The number of nitrogens with zero attached hydrogens (tertiary/aromatic N) is 2. The van der Waals surface area contributed by atoms with Crippen molar-refractivity contribution < 1.29 is 0 Å². The molecule has 0 saturated heterocycles. The van der Waals surface area contributed by atoms with Gasteiger partial charge in [-0.2, -0.15) is 5.10 Å². The normalized spacial score (nSPS) is 20.8. The van der Waals surface area contributed by atoms with Crippen LogP contribution in [0.1, 0.15) is 32.6 Å². The Labute approximate surface area is 115 Å². The number of rotatable bonds is 5. The quantitative estimate of drug-likeness (QED) is 0.909. The van der Waals surface area contributed by atoms with Crippen molar-refractivity contribution in [1.82, 2.24) is 9.78 Å². The molecule has 1 heterocycles. The van der Waals surface area contributed by atoms with Gasteiger partial charge in [-0.25, -0.2) is 4.68 Å². The molecular weight excluding hydrogens is 294 g/mol. The zero-order chi connectivity index (χ0) is 12.7. The Morgan fingerprint density at radius 2 is 2.22 bits per heavy atom. The molecule has 2 aliphatic carbocycles. The van der Waals surface area contributed by atoms with Gasteiger partial charge in [0.25, 0.3) is 5.56 Å². The molecule has 1 unspecified atom stereocenters. The van der Waals surface area contributed by atoms with Crippen LogP contribution in [0.25, 0.3) is 0 Å². The molecule has 4 nitrogen and oxygen atoms in total. The molecule has 0 aliphatic heterocycles. The molecule has 2 saturated carbocycles. The molecule has 1 N–H and O–H groups in total. The average molecular weight is 312 g/mol. The van der Waals surface area contributed by atoms with E-state index in [1.165, 1.54) is 25.7 Å². The van der Waals surface area contributed by atoms with Gasteiger partial charge in [0.2, 0.25) is 0 Å². The van der Waals surface area contributed by atoms with Crippen LogP contribution in [0.5, 0.6) is 0 Å². The summed E-state index contributed by atoms with van der Waals surface area (Å²) in [7, 11) is 0. The van der Waals surface area contributed by atoms with Crippen LogP contribution in [0.2, 0.25) is 0 Å². The summed E-state index contributed by atoms with van der Waals surface area (Å²) in [6, 6.07) is 0.418. The SMILES string of the molecule is CC(Nc1cnn(CC2CC2)c(=O)c1Br)C1CC1. The molecule has 98 valence electrons. The van der Waals surface area contributed by atoms with Gasteiger partial charge in [0, 0.05) is 12.6 Å². The Hall–Kier alpha value is -0.840. The van der Waals surface area contributed by atoms with Gasteiger partial charge >= 0.3 is 0 Å². The number of hydrogen-bond donors (Lipinski definition) is 1. The number of hydrogen-bond acceptors (Lipinski definition) is 3. The zero-order valence-electron chi connectivity index (χ0n) is 10.5. The maximum Gasteiger partial charge on any atom is 0.283 e. The number of nitrogens with one attached hydrogen (secondary N) is 1. The molecule has 2 fully saturated rings. The van der Waals surface area contributed by atoms with E-state index in [4.69, 9.17) is 0 Å². The first-order chi connectivity index (χ1) is 8.65. The van der Waals surface area contributed by atoms with Crippen LogP contribution < -0.4 is 10.9 Å². The van der Waals surface area contributed by atoms with E-state index in [1.807, 2.05) is 0 Å². The first-order valence-corrected chi connectivity index (χ1v) is 7.46. The predicted octanol–water partition coefficient (Wildman–Crippen LogP) is 2.63. The monoisotopic (exact) mass is 311 g/mol. The van der Waals surface area contributed by atoms with Crippen LogP contribution in [0.15, 0.2) is 15.5 Å². The van der Waals surface area contributed by atoms with E-state index in [2.05, 4.69) is 33.3 Å². The molecule has 0 radical (unpaired) electrons. The lowest BCUT2D eigenvalue weighted by Gasteiger charge is -2.15. The Balaban J connectivity index is 1.77. The zero-order valence-corrected chi connectivity index (χ0v) is 12.1. The third-order valence-electron chi connectivity index (χ3n) is 3.83. The minimum Gasteiger partial charge on any atom is -0.380 e. The fraction of sp³-hybridized carbons (Fsp3) is 0.692. The van der Waals surface area contributed by atoms with Crippen LogP contribution in [0.4, 0.5) is 5.69 Å². The maximum atomic E-state index is 12.1. The Kier molecular flexibility index (Phi) is 3.18. The van der Waals surface area contributed by atoms with Gasteiger partial charge in [-0.1, -0.05) is 0 Å². The largest absolute Gasteiger partial charge is 0.380 e. The van der Waals surface area contributed by atoms with E-state index in [1.54, 1.807) is 10.9 Å². The second-order valence-corrected chi connectivity index (χ2v) is 6.37. The summed E-state index contributed by atoms with van der Waals surface area (Å²) in [6.07, 6.45) is 6.80. The lowest BCUT2D eigenvalue weighted by Crippen LogP contribution is -2.27. The fourth-order valence-corrected chi connectivity index (χ4v) is 2.62. The van der Waals surface area contributed by atoms with Gasteiger partial charge in [0.05, 0.1) is 11.9 Å². The van der Waals surface area contributed by atoms with E-state index in [0.717, 1.165) is 18.2 Å². The lowest BCUT2D eigenvalue weighted by molar-refractivity contribution is 0.531. The molecule has 1 aromatic rings. The summed E-state index contributed by atoms with van der Waals surface area (Å²) in [4.78, 5) is 12.1. The van der Waals surface area contributed by atoms with Crippen molar-refractivity contribution in [3.63, 3.8) is 0 Å². The molecule has 1 atom stereocenters. The third-order valence-corrected chi connectivity index (χ3v) is 4.59. The summed E-state index contributed by atoms with van der Waals surface area (Å²) < 4.78 is 2.19. The van der Waals surface area contributed by atoms with Crippen LogP contribution in [-0.2, 0) is 6.54 Å². The predicted molar refractivity (Wildman–Crippen MR) is 74.7 cm³/mol. The highest BCUT2D eigenvalue weighted by molar-refractivity contribution is 9.10. The van der Waals surface area contributed by atoms with Crippen LogP contribution in [0, 0.1) is 11.8 Å². The molecule has 0 amide bonds. The highest BCUT2D eigenvalue weighted by Crippen LogP contribution is 2.34. The van der Waals surface area contributed by atoms with Crippen molar-refractivity contribution in [3.05, 3.63) is 21.0 Å². The third kappa shape index (κ3) is 2.60. The van der Waals surface area contributed by atoms with Crippen LogP contribution in [0.3, 0.4) is 0 Å². The van der Waals surface area contributed by atoms with Crippen molar-refractivity contribution in [2.75, 3.05) is 5.32 Å². The van der Waals surface area contributed by atoms with Crippen LogP contribution in [-0.4, -0.2) is 15.8 Å². The second kappa shape index (κ2) is 4.68. The first-order valence-electron chi connectivity index (χ1n) is 6.67. The minimum absolute atomic E-state index is 0.0186. The topological polar surface area (TPSA) is 46.9 Å². The molecule has 0 bridgehead atoms. The maximum absolute atomic E-state index is 12.1. The van der Waals surface area contributed by atoms with Gasteiger partial charge in [-0.15, -0.1) is 0 Å². The minimum atomic E-state index is -0.0186. The highest BCUT2D eigenvalue weighted by atomic mass is 79.9. The fourth-order valence-electron chi connectivity index (χ4n) is 2.20. The Bertz CT molecular complexity index is 505. The molecule has 1 aromatic heterocycles. The van der Waals surface area contributed by atoms with E-state index in [9.17, 15) is 4.79 Å². The summed E-state index contributed by atoms with van der Waals surface area (Å²) in [6.45, 7) is 2.93. The highest BCUT2D eigenvalue weighted by Gasteiger charge is 2.28. The van der Waals surface area contributed by atoms with Gasteiger partial charge in [0.15, 0.2) is 0 Å². The molecule has 3 rings (SSSR count). The summed E-state index contributed by atoms with van der Waals surface area (Å²) >= 11 is 3.40. The standard InChI is InChI=1S/C13H18BrN3O/c1-8(10-4-5-10)16-11-6-15-17(7-9-2-3-9)13(18)12(11)14/h6,8-10,16H,2-5,7H2,1H3. The lowest BCUT2D eigenvalue weighted by atomic mass is 10.2. The average Bonchev–Trinajstić information content (AvgIpc) is 3.20. The molecule has 0 aromatic carbocycles. The van der Waals surface area contributed by atoms with Crippen molar-refractivity contribution in [1.29, 1.82) is 0 Å². The van der Waals surface area contributed by atoms with E-state index in [0.29, 0.717) is 16.4 Å². The van der Waals surface area contributed by atoms with Crippen LogP contribution >= 0.6 is 15.9 Å².